The van der Waals surface area contributed by atoms with Gasteiger partial charge in [-0.15, -0.1) is 0 Å². The minimum absolute atomic E-state index is 0.622. The van der Waals surface area contributed by atoms with Crippen LogP contribution in [0.5, 0.6) is 5.75 Å². The average molecular weight is 1480 g/mol. The van der Waals surface area contributed by atoms with E-state index in [1.807, 2.05) is 54.6 Å². The van der Waals surface area contributed by atoms with Crippen LogP contribution in [0.2, 0.25) is 0 Å². The molecule has 0 aliphatic carbocycles. The monoisotopic (exact) mass is 1470 g/mol. The third-order valence-corrected chi connectivity index (χ3v) is 21.6. The molecule has 501 valence electrons. The van der Waals surface area contributed by atoms with Gasteiger partial charge in [0.1, 0.15) is 5.75 Å². The van der Waals surface area contributed by atoms with Gasteiger partial charge >= 0.3 is 7.69 Å². The third-order valence-electron chi connectivity index (χ3n) is 20.6. The Morgan fingerprint density at radius 1 is 0.200 bits per heavy atom. The van der Waals surface area contributed by atoms with Crippen LogP contribution in [0.1, 0.15) is 22.3 Å². The van der Waals surface area contributed by atoms with Crippen LogP contribution in [-0.4, -0.2) is 12.7 Å². The first-order valence-corrected chi connectivity index (χ1v) is 37.2. The molecule has 18 rings (SSSR count). The first-order chi connectivity index (χ1) is 51.5. The van der Waals surface area contributed by atoms with Crippen LogP contribution in [0.4, 0.5) is 0 Å². The van der Waals surface area contributed by atoms with Gasteiger partial charge in [0.2, 0.25) is 0 Å². The Kier molecular flexibility index (Phi) is 19.3. The molecule has 0 amide bonds. The number of fused-ring (bicyclic) bond motifs is 12. The Hall–Kier alpha value is -11.7. The SMILES string of the molecule is Cc1ccc(-c2ccc(-c3ccccc3)cc2)cc1-c1ccc2c3ccccc3c3ccc(-c4cc(-c5ccc(-c6ccccc6)cc5)ccc4C)cc3c2c1.Cc1ccc(Br)cc1-c1ccc2c3ccccc3c3ccc(-c4cc(Br)ccc4C)cc3c2c1.O[B]Oc1ccc(-c2ccccc2)cc1. The molecule has 18 aromatic rings. The summed E-state index contributed by atoms with van der Waals surface area (Å²) in [6.07, 6.45) is 0. The average Bonchev–Trinajstić information content (AvgIpc) is 0.740. The Morgan fingerprint density at radius 3 is 0.714 bits per heavy atom. The van der Waals surface area contributed by atoms with Gasteiger partial charge in [-0.3, -0.25) is 0 Å². The minimum atomic E-state index is 0.622. The molecule has 0 atom stereocenters. The van der Waals surface area contributed by atoms with Gasteiger partial charge in [-0.1, -0.05) is 317 Å². The molecule has 0 fully saturated rings. The second-order valence-corrected chi connectivity index (χ2v) is 28.9. The van der Waals surface area contributed by atoms with Crippen molar-refractivity contribution in [2.75, 3.05) is 0 Å². The second kappa shape index (κ2) is 29.9. The summed E-state index contributed by atoms with van der Waals surface area (Å²) < 4.78 is 7.03. The summed E-state index contributed by atoms with van der Waals surface area (Å²) in [5.41, 5.74) is 27.2. The van der Waals surface area contributed by atoms with Gasteiger partial charge < -0.3 is 9.68 Å². The molecule has 0 saturated heterocycles. The van der Waals surface area contributed by atoms with Gasteiger partial charge in [0.15, 0.2) is 0 Å². The molecule has 0 aromatic heterocycles. The van der Waals surface area contributed by atoms with Crippen LogP contribution < -0.4 is 4.65 Å². The van der Waals surface area contributed by atoms with Crippen molar-refractivity contribution in [2.45, 2.75) is 27.7 Å². The van der Waals surface area contributed by atoms with E-state index in [0.717, 1.165) is 20.1 Å². The first kappa shape index (κ1) is 67.8. The molecule has 0 unspecified atom stereocenters. The van der Waals surface area contributed by atoms with Crippen LogP contribution >= 0.6 is 31.9 Å². The van der Waals surface area contributed by atoms with E-state index in [1.54, 1.807) is 0 Å². The summed E-state index contributed by atoms with van der Waals surface area (Å²) in [6, 6.07) is 129. The molecule has 0 aliphatic rings. The summed E-state index contributed by atoms with van der Waals surface area (Å²) in [6.45, 7) is 8.81. The fourth-order valence-corrected chi connectivity index (χ4v) is 15.7. The molecule has 18 aromatic carbocycles. The Labute approximate surface area is 631 Å². The zero-order valence-electron chi connectivity index (χ0n) is 58.8. The zero-order chi connectivity index (χ0) is 71.5. The maximum Gasteiger partial charge on any atom is 0.569 e. The summed E-state index contributed by atoms with van der Waals surface area (Å²) in [5.74, 6) is 0.622. The normalized spacial score (nSPS) is 11.2. The van der Waals surface area contributed by atoms with E-state index in [4.69, 9.17) is 9.68 Å². The lowest BCUT2D eigenvalue weighted by Crippen LogP contribution is -1.99. The van der Waals surface area contributed by atoms with Crippen molar-refractivity contribution in [3.05, 3.63) is 389 Å². The van der Waals surface area contributed by atoms with Crippen LogP contribution in [0, 0.1) is 27.7 Å². The predicted octanol–water partition coefficient (Wildman–Crippen LogP) is 28.6. The highest BCUT2D eigenvalue weighted by Gasteiger charge is 2.17. The first-order valence-electron chi connectivity index (χ1n) is 35.6. The topological polar surface area (TPSA) is 29.5 Å². The van der Waals surface area contributed by atoms with Crippen molar-refractivity contribution in [1.82, 2.24) is 0 Å². The summed E-state index contributed by atoms with van der Waals surface area (Å²) in [4.78, 5) is 0. The van der Waals surface area contributed by atoms with E-state index < -0.39 is 0 Å². The largest absolute Gasteiger partial charge is 0.569 e. The molecule has 105 heavy (non-hydrogen) atoms. The predicted molar refractivity (Wildman–Crippen MR) is 456 cm³/mol. The summed E-state index contributed by atoms with van der Waals surface area (Å²) in [5, 5.41) is 23.9. The number of hydrogen-bond donors (Lipinski definition) is 1. The Balaban J connectivity index is 0.000000145. The lowest BCUT2D eigenvalue weighted by Gasteiger charge is -2.16. The standard InChI is InChI=1S/C56H40.C32H22Br2.C12H10BO2/c1-37-17-19-45(43-25-21-41(22-26-43)39-11-5-3-6-12-39)33-53(37)47-29-31-51-49-15-9-10-16-50(49)52-32-30-48(36-56(52)55(51)35-47)54-34-46(20-18-38(54)2)44-27-23-42(24-28-44)40-13-7-4-8-14-40;1-19-7-11-23(33)17-29(19)21-9-13-27-25-5-3-4-6-26(25)28-14-10-22(16-32(28)31(27)15-21)30-18-24(34)12-8-20(30)2;14-13-15-12-8-6-11(7-9-12)10-4-2-1-3-5-10/h3-36H,1-2H3;3-18H,1-2H3;1-9,14H. The van der Waals surface area contributed by atoms with E-state index >= 15 is 0 Å². The fourth-order valence-electron chi connectivity index (χ4n) is 15.0. The molecule has 5 heteroatoms. The number of aryl methyl sites for hydroxylation is 4. The molecular formula is C100H72BBr2O2. The molecule has 1 N–H and O–H groups in total. The summed E-state index contributed by atoms with van der Waals surface area (Å²) in [7, 11) is 0.678. The maximum absolute atomic E-state index is 8.46. The van der Waals surface area contributed by atoms with E-state index in [2.05, 4.69) is 363 Å². The smallest absolute Gasteiger partial charge is 0.537 e. The lowest BCUT2D eigenvalue weighted by atomic mass is 9.88. The van der Waals surface area contributed by atoms with Crippen molar-refractivity contribution in [2.24, 2.45) is 0 Å². The van der Waals surface area contributed by atoms with Gasteiger partial charge in [-0.25, -0.2) is 0 Å². The number of rotatable bonds is 11. The molecule has 0 aliphatic heterocycles. The van der Waals surface area contributed by atoms with Crippen LogP contribution in [0.3, 0.4) is 0 Å². The number of halogens is 2. The van der Waals surface area contributed by atoms with Gasteiger partial charge in [0.25, 0.3) is 0 Å². The fraction of sp³-hybridized carbons (Fsp3) is 0.0400. The number of benzene rings is 18. The Morgan fingerprint density at radius 2 is 0.419 bits per heavy atom. The van der Waals surface area contributed by atoms with Gasteiger partial charge in [-0.2, -0.15) is 0 Å². The molecule has 0 spiro atoms. The van der Waals surface area contributed by atoms with E-state index in [-0.39, 0.29) is 0 Å². The minimum Gasteiger partial charge on any atom is -0.537 e. The van der Waals surface area contributed by atoms with Crippen LogP contribution in [-0.2, 0) is 0 Å². The molecule has 0 bridgehead atoms. The summed E-state index contributed by atoms with van der Waals surface area (Å²) >= 11 is 7.32. The third kappa shape index (κ3) is 14.1. The second-order valence-electron chi connectivity index (χ2n) is 27.1. The lowest BCUT2D eigenvalue weighted by molar-refractivity contribution is 0.454. The van der Waals surface area contributed by atoms with Crippen molar-refractivity contribution in [3.8, 4) is 106 Å². The Bertz CT molecular complexity index is 5910. The van der Waals surface area contributed by atoms with E-state index in [9.17, 15) is 0 Å². The van der Waals surface area contributed by atoms with Crippen molar-refractivity contribution < 1.29 is 9.68 Å². The van der Waals surface area contributed by atoms with Gasteiger partial charge in [0, 0.05) is 8.95 Å². The van der Waals surface area contributed by atoms with Gasteiger partial charge in [-0.05, 0) is 288 Å². The van der Waals surface area contributed by atoms with Crippen LogP contribution in [0.15, 0.2) is 367 Å². The molecular weight excluding hydrogens is 1400 g/mol. The molecule has 0 heterocycles. The number of hydrogen-bond acceptors (Lipinski definition) is 2. The van der Waals surface area contributed by atoms with E-state index in [1.165, 1.54) is 176 Å². The molecule has 0 saturated carbocycles. The highest BCUT2D eigenvalue weighted by molar-refractivity contribution is 9.10. The molecule has 2 nitrogen and oxygen atoms in total. The van der Waals surface area contributed by atoms with E-state index in [0.29, 0.717) is 13.4 Å². The van der Waals surface area contributed by atoms with Gasteiger partial charge in [0.05, 0.1) is 0 Å². The van der Waals surface area contributed by atoms with Crippen LogP contribution in [0.25, 0.3) is 165 Å². The van der Waals surface area contributed by atoms with Crippen molar-refractivity contribution in [1.29, 1.82) is 0 Å². The molecule has 1 radical (unpaired) electrons. The quantitative estimate of drug-likeness (QED) is 0.103. The van der Waals surface area contributed by atoms with Crippen molar-refractivity contribution in [3.63, 3.8) is 0 Å². The van der Waals surface area contributed by atoms with Crippen molar-refractivity contribution >= 4 is 104 Å². The highest BCUT2D eigenvalue weighted by atomic mass is 79.9. The maximum atomic E-state index is 8.46. The highest BCUT2D eigenvalue weighted by Crippen LogP contribution is 2.44. The zero-order valence-corrected chi connectivity index (χ0v) is 61.9.